The van der Waals surface area contributed by atoms with Gasteiger partial charge >= 0.3 is 35.6 Å². The first-order valence-corrected chi connectivity index (χ1v) is 5.75. The number of nitrogens with zero attached hydrogens (tertiary/aromatic N) is 1. The van der Waals surface area contributed by atoms with E-state index in [1.807, 2.05) is 13.8 Å². The number of rotatable bonds is 5. The SMILES string of the molecule is C=CCC1(C(CC)CC)C(=O)NC(=O)N=C1[O-].[Na+]. The molecule has 1 unspecified atom stereocenters. The van der Waals surface area contributed by atoms with Gasteiger partial charge in [0.1, 0.15) is 0 Å². The van der Waals surface area contributed by atoms with Gasteiger partial charge in [-0.25, -0.2) is 9.79 Å². The van der Waals surface area contributed by atoms with Crippen molar-refractivity contribution in [3.8, 4) is 0 Å². The third kappa shape index (κ3) is 2.84. The van der Waals surface area contributed by atoms with Crippen LogP contribution in [0.5, 0.6) is 0 Å². The van der Waals surface area contributed by atoms with Crippen LogP contribution in [0, 0.1) is 11.3 Å². The second-order valence-electron chi connectivity index (χ2n) is 4.15. The summed E-state index contributed by atoms with van der Waals surface area (Å²) in [5, 5.41) is 14.1. The number of urea groups is 1. The number of carbonyl (C=O) groups is 2. The third-order valence-electron chi connectivity index (χ3n) is 3.36. The quantitative estimate of drug-likeness (QED) is 0.458. The standard InChI is InChI=1S/C12H18N2O3.Na/c1-4-7-12(8(5-2)6-3)9(15)13-11(17)14-10(12)16;/h4,8H,1,5-7H2,2-3H3,(H2,13,14,15,16,17);/q;+1/p-1. The Hall–Kier alpha value is -0.650. The fourth-order valence-electron chi connectivity index (χ4n) is 2.45. The van der Waals surface area contributed by atoms with Crippen molar-refractivity contribution in [1.29, 1.82) is 0 Å². The minimum Gasteiger partial charge on any atom is -0.861 e. The second kappa shape index (κ2) is 7.07. The number of hydrogen-bond donors (Lipinski definition) is 1. The molecule has 1 aliphatic heterocycles. The number of hydrogen-bond acceptors (Lipinski definition) is 3. The Morgan fingerprint density at radius 3 is 2.39 bits per heavy atom. The van der Waals surface area contributed by atoms with Crippen LogP contribution in [0.2, 0.25) is 0 Å². The minimum absolute atomic E-state index is 0. The van der Waals surface area contributed by atoms with Gasteiger partial charge in [0.2, 0.25) is 5.91 Å². The third-order valence-corrected chi connectivity index (χ3v) is 3.36. The largest absolute Gasteiger partial charge is 1.00 e. The zero-order chi connectivity index (χ0) is 13.1. The van der Waals surface area contributed by atoms with Crippen molar-refractivity contribution in [3.63, 3.8) is 0 Å². The number of allylic oxidation sites excluding steroid dienone is 1. The molecular weight excluding hydrogens is 243 g/mol. The number of nitrogens with one attached hydrogen (secondary N) is 1. The van der Waals surface area contributed by atoms with Crippen molar-refractivity contribution >= 4 is 17.8 Å². The van der Waals surface area contributed by atoms with Gasteiger partial charge in [-0.15, -0.1) is 6.58 Å². The summed E-state index contributed by atoms with van der Waals surface area (Å²) in [5.41, 5.74) is -1.25. The smallest absolute Gasteiger partial charge is 0.861 e. The molecule has 0 aromatic rings. The summed E-state index contributed by atoms with van der Waals surface area (Å²) >= 11 is 0. The van der Waals surface area contributed by atoms with Gasteiger partial charge in [0.25, 0.3) is 0 Å². The summed E-state index contributed by atoms with van der Waals surface area (Å²) < 4.78 is 0. The zero-order valence-electron chi connectivity index (χ0n) is 11.2. The van der Waals surface area contributed by atoms with E-state index in [0.29, 0.717) is 12.8 Å². The molecule has 0 aromatic carbocycles. The monoisotopic (exact) mass is 260 g/mol. The molecule has 1 atom stereocenters. The van der Waals surface area contributed by atoms with Crippen LogP contribution in [0.4, 0.5) is 4.79 Å². The van der Waals surface area contributed by atoms with Crippen molar-refractivity contribution in [3.05, 3.63) is 12.7 Å². The molecule has 0 saturated heterocycles. The molecular formula is C12H17N2NaO3. The molecule has 1 rings (SSSR count). The van der Waals surface area contributed by atoms with Gasteiger partial charge in [0.05, 0.1) is 5.41 Å². The summed E-state index contributed by atoms with van der Waals surface area (Å²) in [5.74, 6) is -1.32. The summed E-state index contributed by atoms with van der Waals surface area (Å²) in [6, 6.07) is -0.870. The molecule has 1 heterocycles. The average molecular weight is 260 g/mol. The molecule has 0 fully saturated rings. The zero-order valence-corrected chi connectivity index (χ0v) is 13.2. The van der Waals surface area contributed by atoms with E-state index >= 15 is 0 Å². The molecule has 1 N–H and O–H groups in total. The van der Waals surface area contributed by atoms with E-state index in [9.17, 15) is 14.7 Å². The Balaban J connectivity index is 0.00000289. The van der Waals surface area contributed by atoms with Crippen LogP contribution in [-0.2, 0) is 4.79 Å². The van der Waals surface area contributed by atoms with Crippen LogP contribution in [0.15, 0.2) is 17.6 Å². The van der Waals surface area contributed by atoms with Gasteiger partial charge in [0, 0.05) is 0 Å². The van der Waals surface area contributed by atoms with Gasteiger partial charge in [-0.3, -0.25) is 10.1 Å². The van der Waals surface area contributed by atoms with E-state index in [-0.39, 0.29) is 41.9 Å². The molecule has 3 amide bonds. The Bertz CT molecular complexity index is 378. The molecule has 6 heteroatoms. The first kappa shape index (κ1) is 17.4. The predicted molar refractivity (Wildman–Crippen MR) is 62.3 cm³/mol. The maximum absolute atomic E-state index is 12.0. The van der Waals surface area contributed by atoms with Crippen molar-refractivity contribution in [2.75, 3.05) is 0 Å². The Kier molecular flexibility index (Phi) is 6.81. The van der Waals surface area contributed by atoms with Gasteiger partial charge in [0.15, 0.2) is 0 Å². The van der Waals surface area contributed by atoms with Gasteiger partial charge in [-0.2, -0.15) is 0 Å². The first-order chi connectivity index (χ1) is 8.02. The van der Waals surface area contributed by atoms with E-state index in [1.54, 1.807) is 0 Å². The first-order valence-electron chi connectivity index (χ1n) is 5.75. The molecule has 0 spiro atoms. The molecule has 94 valence electrons. The molecule has 0 saturated carbocycles. The minimum atomic E-state index is -1.25. The Labute approximate surface area is 129 Å². The van der Waals surface area contributed by atoms with Gasteiger partial charge in [-0.1, -0.05) is 32.8 Å². The number of carbonyl (C=O) groups excluding carboxylic acids is 2. The van der Waals surface area contributed by atoms with Crippen LogP contribution in [0.1, 0.15) is 33.1 Å². The summed E-state index contributed by atoms with van der Waals surface area (Å²) in [4.78, 5) is 26.4. The fourth-order valence-corrected chi connectivity index (χ4v) is 2.45. The molecule has 0 radical (unpaired) electrons. The van der Waals surface area contributed by atoms with Crippen molar-refractivity contribution in [2.45, 2.75) is 33.1 Å². The summed E-state index contributed by atoms with van der Waals surface area (Å²) in [6.45, 7) is 7.41. The molecule has 18 heavy (non-hydrogen) atoms. The average Bonchev–Trinajstić information content (AvgIpc) is 2.26. The number of imide groups is 1. The van der Waals surface area contributed by atoms with Crippen molar-refractivity contribution in [1.82, 2.24) is 5.32 Å². The van der Waals surface area contributed by atoms with Crippen LogP contribution in [0.25, 0.3) is 0 Å². The van der Waals surface area contributed by atoms with E-state index in [2.05, 4.69) is 16.9 Å². The van der Waals surface area contributed by atoms with Crippen molar-refractivity contribution in [2.24, 2.45) is 16.3 Å². The summed E-state index contributed by atoms with van der Waals surface area (Å²) in [7, 11) is 0. The van der Waals surface area contributed by atoms with Crippen molar-refractivity contribution < 1.29 is 44.3 Å². The number of aliphatic imine (C=N–C) groups is 1. The molecule has 5 nitrogen and oxygen atoms in total. The maximum Gasteiger partial charge on any atom is 1.00 e. The fraction of sp³-hybridized carbons (Fsp3) is 0.583. The van der Waals surface area contributed by atoms with E-state index < -0.39 is 23.3 Å². The Morgan fingerprint density at radius 1 is 1.44 bits per heavy atom. The second-order valence-corrected chi connectivity index (χ2v) is 4.15. The molecule has 1 aliphatic rings. The predicted octanol–water partition coefficient (Wildman–Crippen LogP) is -2.00. The van der Waals surface area contributed by atoms with Crippen LogP contribution in [0.3, 0.4) is 0 Å². The van der Waals surface area contributed by atoms with E-state index in [4.69, 9.17) is 0 Å². The van der Waals surface area contributed by atoms with E-state index in [1.165, 1.54) is 6.08 Å². The topological polar surface area (TPSA) is 81.6 Å². The maximum atomic E-state index is 12.0. The molecule has 0 aromatic heterocycles. The number of amides is 3. The molecule has 0 aliphatic carbocycles. The summed E-state index contributed by atoms with van der Waals surface area (Å²) in [6.07, 6.45) is 3.09. The van der Waals surface area contributed by atoms with Gasteiger partial charge < -0.3 is 5.11 Å². The van der Waals surface area contributed by atoms with Gasteiger partial charge in [-0.05, 0) is 18.2 Å². The van der Waals surface area contributed by atoms with E-state index in [0.717, 1.165) is 0 Å². The van der Waals surface area contributed by atoms with Crippen LogP contribution in [-0.4, -0.2) is 17.8 Å². The normalized spacial score (nSPS) is 23.2. The Morgan fingerprint density at radius 2 is 2.00 bits per heavy atom. The van der Waals surface area contributed by atoms with Crippen LogP contribution >= 0.6 is 0 Å². The molecule has 0 bridgehead atoms. The van der Waals surface area contributed by atoms with Crippen LogP contribution < -0.4 is 40.0 Å².